The molecular formula is C15H20FNO. The molecular weight excluding hydrogens is 229 g/mol. The third kappa shape index (κ3) is 2.89. The monoisotopic (exact) mass is 249 g/mol. The Labute approximate surface area is 108 Å². The maximum atomic E-state index is 13.0. The second kappa shape index (κ2) is 5.51. The highest BCUT2D eigenvalue weighted by molar-refractivity contribution is 5.79. The molecule has 0 N–H and O–H groups in total. The molecule has 0 heterocycles. The van der Waals surface area contributed by atoms with Crippen molar-refractivity contribution in [3.8, 4) is 0 Å². The van der Waals surface area contributed by atoms with Gasteiger partial charge in [-0.2, -0.15) is 0 Å². The normalized spacial score (nSPS) is 17.2. The van der Waals surface area contributed by atoms with E-state index in [-0.39, 0.29) is 5.82 Å². The van der Waals surface area contributed by atoms with E-state index in [1.54, 1.807) is 0 Å². The average Bonchev–Trinajstić information content (AvgIpc) is 2.34. The van der Waals surface area contributed by atoms with Crippen LogP contribution >= 0.6 is 0 Å². The molecule has 0 unspecified atom stereocenters. The van der Waals surface area contributed by atoms with Gasteiger partial charge in [0.2, 0.25) is 0 Å². The Morgan fingerprint density at radius 1 is 1.17 bits per heavy atom. The Hall–Kier alpha value is -1.38. The van der Waals surface area contributed by atoms with E-state index in [2.05, 4.69) is 18.7 Å². The lowest BCUT2D eigenvalue weighted by Crippen LogP contribution is -2.42. The van der Waals surface area contributed by atoms with Crippen molar-refractivity contribution in [1.29, 1.82) is 0 Å². The second-order valence-corrected chi connectivity index (χ2v) is 5.25. The lowest BCUT2D eigenvalue weighted by Gasteiger charge is -2.39. The maximum Gasteiger partial charge on any atom is 0.133 e. The number of benzene rings is 1. The minimum absolute atomic E-state index is 0.207. The number of carbonyl (C=O) groups excluding carboxylic acids is 1. The van der Waals surface area contributed by atoms with Crippen molar-refractivity contribution in [1.82, 2.24) is 0 Å². The number of Topliss-reactive ketones (excluding diaryl/α,β-unsaturated/α-hetero) is 1. The van der Waals surface area contributed by atoms with Crippen molar-refractivity contribution in [2.75, 3.05) is 4.90 Å². The van der Waals surface area contributed by atoms with Crippen LogP contribution in [0.4, 0.5) is 10.1 Å². The molecule has 2 nitrogen and oxygen atoms in total. The first-order valence-corrected chi connectivity index (χ1v) is 6.63. The largest absolute Gasteiger partial charge is 0.366 e. The van der Waals surface area contributed by atoms with Gasteiger partial charge in [0.15, 0.2) is 0 Å². The lowest BCUT2D eigenvalue weighted by atomic mass is 9.92. The van der Waals surface area contributed by atoms with Gasteiger partial charge in [-0.15, -0.1) is 0 Å². The van der Waals surface area contributed by atoms with Crippen molar-refractivity contribution in [2.24, 2.45) is 0 Å². The first-order chi connectivity index (χ1) is 8.58. The predicted molar refractivity (Wildman–Crippen MR) is 71.3 cm³/mol. The van der Waals surface area contributed by atoms with E-state index >= 15 is 0 Å². The Balaban J connectivity index is 2.17. The molecule has 3 heteroatoms. The summed E-state index contributed by atoms with van der Waals surface area (Å²) in [7, 11) is 0. The van der Waals surface area contributed by atoms with Gasteiger partial charge in [0.05, 0.1) is 0 Å². The van der Waals surface area contributed by atoms with E-state index in [1.165, 1.54) is 12.1 Å². The Kier molecular flexibility index (Phi) is 4.00. The zero-order valence-electron chi connectivity index (χ0n) is 11.0. The molecule has 2 rings (SSSR count). The molecule has 1 aliphatic rings. The van der Waals surface area contributed by atoms with Crippen molar-refractivity contribution >= 4 is 11.5 Å². The van der Waals surface area contributed by atoms with Crippen LogP contribution in [-0.2, 0) is 4.79 Å². The maximum absolute atomic E-state index is 13.0. The third-order valence-corrected chi connectivity index (χ3v) is 3.59. The zero-order chi connectivity index (χ0) is 13.1. The van der Waals surface area contributed by atoms with E-state index in [9.17, 15) is 9.18 Å². The van der Waals surface area contributed by atoms with Crippen LogP contribution in [0.25, 0.3) is 0 Å². The van der Waals surface area contributed by atoms with E-state index in [0.29, 0.717) is 30.7 Å². The van der Waals surface area contributed by atoms with Crippen LogP contribution in [0.15, 0.2) is 24.3 Å². The molecule has 1 fully saturated rings. The summed E-state index contributed by atoms with van der Waals surface area (Å²) in [4.78, 5) is 13.6. The van der Waals surface area contributed by atoms with Crippen LogP contribution in [-0.4, -0.2) is 17.9 Å². The van der Waals surface area contributed by atoms with Crippen molar-refractivity contribution in [3.63, 3.8) is 0 Å². The minimum Gasteiger partial charge on any atom is -0.366 e. The number of halogens is 1. The number of hydrogen-bond acceptors (Lipinski definition) is 2. The first kappa shape index (κ1) is 13.1. The number of ketones is 1. The quantitative estimate of drug-likeness (QED) is 0.816. The van der Waals surface area contributed by atoms with Gasteiger partial charge >= 0.3 is 0 Å². The van der Waals surface area contributed by atoms with Gasteiger partial charge in [-0.05, 0) is 51.0 Å². The lowest BCUT2D eigenvalue weighted by molar-refractivity contribution is -0.120. The van der Waals surface area contributed by atoms with E-state index in [1.807, 2.05) is 12.1 Å². The van der Waals surface area contributed by atoms with Crippen LogP contribution in [0.3, 0.4) is 0 Å². The molecule has 0 radical (unpaired) electrons. The van der Waals surface area contributed by atoms with Gasteiger partial charge in [-0.3, -0.25) is 4.79 Å². The van der Waals surface area contributed by atoms with Crippen LogP contribution in [0.1, 0.15) is 39.5 Å². The number of hydrogen-bond donors (Lipinski definition) is 0. The van der Waals surface area contributed by atoms with Gasteiger partial charge in [-0.25, -0.2) is 4.39 Å². The van der Waals surface area contributed by atoms with Crippen molar-refractivity contribution < 1.29 is 9.18 Å². The molecule has 98 valence electrons. The van der Waals surface area contributed by atoms with Gasteiger partial charge in [0.25, 0.3) is 0 Å². The highest BCUT2D eigenvalue weighted by atomic mass is 19.1. The number of rotatable bonds is 3. The summed E-state index contributed by atoms with van der Waals surface area (Å²) in [6.07, 6.45) is 3.17. The van der Waals surface area contributed by atoms with Gasteiger partial charge in [0.1, 0.15) is 11.6 Å². The van der Waals surface area contributed by atoms with Gasteiger partial charge in [-0.1, -0.05) is 0 Å². The standard InChI is InChI=1S/C15H20FNO/c1-11(2)17(13-5-3-12(16)4-6-13)14-7-9-15(18)10-8-14/h3-6,11,14H,7-10H2,1-2H3. The fourth-order valence-corrected chi connectivity index (χ4v) is 2.75. The average molecular weight is 249 g/mol. The summed E-state index contributed by atoms with van der Waals surface area (Å²) in [5.41, 5.74) is 1.05. The van der Waals surface area contributed by atoms with Crippen LogP contribution < -0.4 is 4.90 Å². The highest BCUT2D eigenvalue weighted by Gasteiger charge is 2.26. The fourth-order valence-electron chi connectivity index (χ4n) is 2.75. The summed E-state index contributed by atoms with van der Waals surface area (Å²) in [6.45, 7) is 4.28. The summed E-state index contributed by atoms with van der Waals surface area (Å²) in [5.74, 6) is 0.162. The molecule has 1 aromatic carbocycles. The van der Waals surface area contributed by atoms with Crippen molar-refractivity contribution in [2.45, 2.75) is 51.6 Å². The second-order valence-electron chi connectivity index (χ2n) is 5.25. The molecule has 1 saturated carbocycles. The van der Waals surface area contributed by atoms with Crippen LogP contribution in [0, 0.1) is 5.82 Å². The fraction of sp³-hybridized carbons (Fsp3) is 0.533. The molecule has 0 amide bonds. The minimum atomic E-state index is -0.207. The third-order valence-electron chi connectivity index (χ3n) is 3.59. The highest BCUT2D eigenvalue weighted by Crippen LogP contribution is 2.28. The Bertz CT molecular complexity index is 403. The molecule has 1 aliphatic carbocycles. The zero-order valence-corrected chi connectivity index (χ0v) is 11.0. The molecule has 18 heavy (non-hydrogen) atoms. The number of anilines is 1. The number of nitrogens with zero attached hydrogens (tertiary/aromatic N) is 1. The van der Waals surface area contributed by atoms with E-state index in [0.717, 1.165) is 18.5 Å². The molecule has 0 bridgehead atoms. The topological polar surface area (TPSA) is 20.3 Å². The van der Waals surface area contributed by atoms with Gasteiger partial charge in [0, 0.05) is 30.6 Å². The summed E-state index contributed by atoms with van der Waals surface area (Å²) in [6, 6.07) is 7.40. The van der Waals surface area contributed by atoms with Crippen LogP contribution in [0.5, 0.6) is 0 Å². The number of carbonyl (C=O) groups is 1. The smallest absolute Gasteiger partial charge is 0.133 e. The van der Waals surface area contributed by atoms with E-state index in [4.69, 9.17) is 0 Å². The Morgan fingerprint density at radius 2 is 1.72 bits per heavy atom. The molecule has 1 aromatic rings. The predicted octanol–water partition coefficient (Wildman–Crippen LogP) is 3.55. The van der Waals surface area contributed by atoms with Crippen molar-refractivity contribution in [3.05, 3.63) is 30.1 Å². The van der Waals surface area contributed by atoms with E-state index < -0.39 is 0 Å². The molecule has 0 aromatic heterocycles. The molecule has 0 atom stereocenters. The van der Waals surface area contributed by atoms with Crippen LogP contribution in [0.2, 0.25) is 0 Å². The first-order valence-electron chi connectivity index (χ1n) is 6.63. The Morgan fingerprint density at radius 3 is 2.22 bits per heavy atom. The molecule has 0 spiro atoms. The summed E-state index contributed by atoms with van der Waals surface area (Å²) < 4.78 is 13.0. The van der Waals surface area contributed by atoms with Gasteiger partial charge < -0.3 is 4.90 Å². The summed E-state index contributed by atoms with van der Waals surface area (Å²) in [5, 5.41) is 0. The SMILES string of the molecule is CC(C)N(c1ccc(F)cc1)C1CCC(=O)CC1. The molecule has 0 aliphatic heterocycles. The molecule has 0 saturated heterocycles. The summed E-state index contributed by atoms with van der Waals surface area (Å²) >= 11 is 0.